The van der Waals surface area contributed by atoms with E-state index in [-0.39, 0.29) is 31.2 Å². The zero-order valence-electron chi connectivity index (χ0n) is 4.86. The SMILES string of the molecule is C[P](C)(C)C.I. The maximum absolute atomic E-state index is 2.30. The van der Waals surface area contributed by atoms with Gasteiger partial charge in [0.2, 0.25) is 0 Å². The Morgan fingerprint density at radius 3 is 0.833 bits per heavy atom. The summed E-state index contributed by atoms with van der Waals surface area (Å²) >= 11 is 0. The maximum atomic E-state index is 2.30. The Bertz CT molecular complexity index is 23.0. The van der Waals surface area contributed by atoms with Gasteiger partial charge in [-0.1, -0.05) is 0 Å². The van der Waals surface area contributed by atoms with Crippen LogP contribution in [0.25, 0.3) is 0 Å². The van der Waals surface area contributed by atoms with Gasteiger partial charge in [-0.25, -0.2) is 0 Å². The van der Waals surface area contributed by atoms with Gasteiger partial charge in [0.15, 0.2) is 0 Å². The average Bonchev–Trinajstić information content (AvgIpc) is 0.722. The molecule has 0 saturated carbocycles. The highest BCUT2D eigenvalue weighted by molar-refractivity contribution is 14.0. The lowest BCUT2D eigenvalue weighted by Gasteiger charge is -2.09. The first kappa shape index (κ1) is 10.2. The molecule has 1 radical (unpaired) electrons. The van der Waals surface area contributed by atoms with E-state index in [0.29, 0.717) is 0 Å². The van der Waals surface area contributed by atoms with Gasteiger partial charge in [0.1, 0.15) is 0 Å². The molecule has 0 aliphatic heterocycles. The first-order chi connectivity index (χ1) is 2.00. The third-order valence-electron chi connectivity index (χ3n) is 0. The van der Waals surface area contributed by atoms with Crippen molar-refractivity contribution in [1.82, 2.24) is 0 Å². The van der Waals surface area contributed by atoms with Gasteiger partial charge in [0.25, 0.3) is 0 Å². The van der Waals surface area contributed by atoms with Crippen molar-refractivity contribution >= 4 is 31.2 Å². The second kappa shape index (κ2) is 3.20. The molecule has 0 bridgehead atoms. The monoisotopic (exact) mass is 219 g/mol. The summed E-state index contributed by atoms with van der Waals surface area (Å²) in [4.78, 5) is 0. The summed E-state index contributed by atoms with van der Waals surface area (Å²) in [6.45, 7) is 9.19. The molecular formula is C4H13IP. The van der Waals surface area contributed by atoms with Crippen LogP contribution in [-0.4, -0.2) is 26.7 Å². The van der Waals surface area contributed by atoms with Gasteiger partial charge in [-0.3, -0.25) is 0 Å². The Morgan fingerprint density at radius 2 is 0.833 bits per heavy atom. The molecule has 0 fully saturated rings. The maximum Gasteiger partial charge on any atom is -0.0485 e. The molecule has 41 valence electrons. The Hall–Kier alpha value is 1.16. The number of rotatable bonds is 0. The highest BCUT2D eigenvalue weighted by Crippen LogP contribution is 2.40. The second-order valence-corrected chi connectivity index (χ2v) is 8.05. The van der Waals surface area contributed by atoms with Gasteiger partial charge in [0, 0.05) is 0 Å². The lowest BCUT2D eigenvalue weighted by atomic mass is 11.8. The number of hydrogen-bond acceptors (Lipinski definition) is 0. The van der Waals surface area contributed by atoms with Gasteiger partial charge in [-0.05, 0) is 26.7 Å². The molecule has 0 aromatic rings. The molecule has 0 rings (SSSR count). The van der Waals surface area contributed by atoms with E-state index < -0.39 is 0 Å². The van der Waals surface area contributed by atoms with Crippen molar-refractivity contribution in [3.8, 4) is 0 Å². The van der Waals surface area contributed by atoms with Crippen LogP contribution in [0.1, 0.15) is 0 Å². The summed E-state index contributed by atoms with van der Waals surface area (Å²) in [5.41, 5.74) is 0. The highest BCUT2D eigenvalue weighted by atomic mass is 127. The lowest BCUT2D eigenvalue weighted by molar-refractivity contribution is 1.95. The van der Waals surface area contributed by atoms with E-state index in [0.717, 1.165) is 0 Å². The highest BCUT2D eigenvalue weighted by Gasteiger charge is 1.91. The minimum atomic E-state index is -0.389. The molecule has 0 amide bonds. The fraction of sp³-hybridized carbons (Fsp3) is 1.00. The van der Waals surface area contributed by atoms with Crippen molar-refractivity contribution < 1.29 is 0 Å². The van der Waals surface area contributed by atoms with Crippen molar-refractivity contribution in [3.63, 3.8) is 0 Å². The van der Waals surface area contributed by atoms with Crippen LogP contribution in [0.4, 0.5) is 0 Å². The number of halogens is 1. The van der Waals surface area contributed by atoms with E-state index in [1.54, 1.807) is 0 Å². The third-order valence-corrected chi connectivity index (χ3v) is 0. The van der Waals surface area contributed by atoms with Crippen LogP contribution in [0.15, 0.2) is 0 Å². The quantitative estimate of drug-likeness (QED) is 0.432. The molecule has 0 aromatic heterocycles. The minimum absolute atomic E-state index is 0. The Kier molecular flexibility index (Phi) is 5.44. The molecule has 0 saturated heterocycles. The summed E-state index contributed by atoms with van der Waals surface area (Å²) in [7, 11) is -0.389. The van der Waals surface area contributed by atoms with Crippen LogP contribution in [0.2, 0.25) is 0 Å². The molecule has 2 heteroatoms. The molecule has 6 heavy (non-hydrogen) atoms. The molecule has 0 atom stereocenters. The lowest BCUT2D eigenvalue weighted by Crippen LogP contribution is -1.74. The van der Waals surface area contributed by atoms with Gasteiger partial charge in [-0.15, -0.1) is 31.2 Å². The molecule has 0 aliphatic rings. The molecule has 0 nitrogen and oxygen atoms in total. The van der Waals surface area contributed by atoms with Crippen molar-refractivity contribution in [1.29, 1.82) is 0 Å². The van der Waals surface area contributed by atoms with Crippen molar-refractivity contribution in [2.75, 3.05) is 26.7 Å². The van der Waals surface area contributed by atoms with Crippen LogP contribution < -0.4 is 0 Å². The van der Waals surface area contributed by atoms with E-state index in [1.165, 1.54) is 0 Å². The molecule has 0 unspecified atom stereocenters. The van der Waals surface area contributed by atoms with E-state index in [9.17, 15) is 0 Å². The van der Waals surface area contributed by atoms with Gasteiger partial charge < -0.3 is 0 Å². The van der Waals surface area contributed by atoms with Crippen LogP contribution in [-0.2, 0) is 0 Å². The minimum Gasteiger partial charge on any atom is -0.137 e. The number of hydrogen-bond donors (Lipinski definition) is 0. The van der Waals surface area contributed by atoms with E-state index >= 15 is 0 Å². The van der Waals surface area contributed by atoms with E-state index in [4.69, 9.17) is 0 Å². The summed E-state index contributed by atoms with van der Waals surface area (Å²) in [5.74, 6) is 0. The van der Waals surface area contributed by atoms with Gasteiger partial charge >= 0.3 is 0 Å². The molecule has 0 heterocycles. The smallest absolute Gasteiger partial charge is 0.0485 e. The zero-order chi connectivity index (χ0) is 4.50. The summed E-state index contributed by atoms with van der Waals surface area (Å²) in [6.07, 6.45) is 0. The second-order valence-electron chi connectivity index (χ2n) is 2.68. The fourth-order valence-corrected chi connectivity index (χ4v) is 0. The average molecular weight is 219 g/mol. The van der Waals surface area contributed by atoms with E-state index in [2.05, 4.69) is 26.7 Å². The molecular weight excluding hydrogens is 206 g/mol. The molecule has 0 aromatic carbocycles. The largest absolute Gasteiger partial charge is 0.137 e. The van der Waals surface area contributed by atoms with Gasteiger partial charge in [0.05, 0.1) is 0 Å². The Balaban J connectivity index is 0. The van der Waals surface area contributed by atoms with Crippen molar-refractivity contribution in [2.24, 2.45) is 0 Å². The molecule has 0 N–H and O–H groups in total. The fourth-order valence-electron chi connectivity index (χ4n) is 0. The van der Waals surface area contributed by atoms with Crippen molar-refractivity contribution in [2.45, 2.75) is 0 Å². The zero-order valence-corrected chi connectivity index (χ0v) is 8.08. The molecule has 0 aliphatic carbocycles. The first-order valence-corrected chi connectivity index (χ1v) is 5.37. The van der Waals surface area contributed by atoms with Crippen LogP contribution in [0.5, 0.6) is 0 Å². The normalized spacial score (nSPS) is 10.0. The van der Waals surface area contributed by atoms with Crippen molar-refractivity contribution in [3.05, 3.63) is 0 Å². The Morgan fingerprint density at radius 1 is 0.833 bits per heavy atom. The van der Waals surface area contributed by atoms with Crippen LogP contribution >= 0.6 is 31.2 Å². The van der Waals surface area contributed by atoms with E-state index in [1.807, 2.05) is 0 Å². The first-order valence-electron chi connectivity index (χ1n) is 1.79. The Labute approximate surface area is 58.1 Å². The van der Waals surface area contributed by atoms with Gasteiger partial charge in [-0.2, -0.15) is 0 Å². The summed E-state index contributed by atoms with van der Waals surface area (Å²) in [6, 6.07) is 0. The predicted molar refractivity (Wildman–Crippen MR) is 46.0 cm³/mol. The third kappa shape index (κ3) is 66.4. The standard InChI is InChI=1S/C4H12P.HI/c1-5(2,3)4;/h1-4H3;1H. The topological polar surface area (TPSA) is 0 Å². The summed E-state index contributed by atoms with van der Waals surface area (Å²) in [5, 5.41) is 0. The summed E-state index contributed by atoms with van der Waals surface area (Å²) < 4.78 is 0. The van der Waals surface area contributed by atoms with Crippen LogP contribution in [0, 0.1) is 0 Å². The predicted octanol–water partition coefficient (Wildman–Crippen LogP) is 2.14. The molecule has 0 spiro atoms. The van der Waals surface area contributed by atoms with Crippen LogP contribution in [0.3, 0.4) is 0 Å².